The summed E-state index contributed by atoms with van der Waals surface area (Å²) in [6.07, 6.45) is 2.27. The zero-order valence-corrected chi connectivity index (χ0v) is 18.3. The number of fused-ring (bicyclic) bond motifs is 3. The van der Waals surface area contributed by atoms with Crippen molar-refractivity contribution in [2.45, 2.75) is 52.9 Å². The number of aromatic hydroxyl groups is 1. The first-order valence-electron chi connectivity index (χ1n) is 10.9. The highest BCUT2D eigenvalue weighted by Crippen LogP contribution is 2.55. The summed E-state index contributed by atoms with van der Waals surface area (Å²) in [4.78, 5) is 0. The Kier molecular flexibility index (Phi) is 5.02. The average Bonchev–Trinajstić information content (AvgIpc) is 2.92. The molecule has 0 amide bonds. The lowest BCUT2D eigenvalue weighted by Gasteiger charge is -2.36. The quantitative estimate of drug-likeness (QED) is 0.477. The minimum absolute atomic E-state index is 0.0315. The first-order valence-corrected chi connectivity index (χ1v) is 10.9. The van der Waals surface area contributed by atoms with Gasteiger partial charge >= 0.3 is 0 Å². The molecule has 0 aromatic heterocycles. The smallest absolute Gasteiger partial charge is 0.123 e. The predicted molar refractivity (Wildman–Crippen MR) is 123 cm³/mol. The SMILES string of the molecule is Cc1ccc(O)c(-c2ccc3c(c2)C(CC(C)C)(CC(C)C)c2ccccc2-3)c1. The van der Waals surface area contributed by atoms with E-state index in [0.717, 1.165) is 29.5 Å². The molecule has 1 heteroatoms. The highest BCUT2D eigenvalue weighted by atomic mass is 16.3. The van der Waals surface area contributed by atoms with E-state index in [9.17, 15) is 5.11 Å². The van der Waals surface area contributed by atoms with Crippen molar-refractivity contribution < 1.29 is 5.11 Å². The molecule has 29 heavy (non-hydrogen) atoms. The fourth-order valence-electron chi connectivity index (χ4n) is 5.42. The molecule has 150 valence electrons. The van der Waals surface area contributed by atoms with E-state index >= 15 is 0 Å². The molecule has 0 radical (unpaired) electrons. The lowest BCUT2D eigenvalue weighted by molar-refractivity contribution is 0.337. The molecule has 0 aliphatic heterocycles. The van der Waals surface area contributed by atoms with Crippen LogP contribution < -0.4 is 0 Å². The minimum atomic E-state index is 0.0315. The highest BCUT2D eigenvalue weighted by Gasteiger charge is 2.43. The van der Waals surface area contributed by atoms with Gasteiger partial charge in [-0.2, -0.15) is 0 Å². The van der Waals surface area contributed by atoms with Crippen molar-refractivity contribution in [2.75, 3.05) is 0 Å². The van der Waals surface area contributed by atoms with Crippen molar-refractivity contribution in [3.05, 3.63) is 77.4 Å². The van der Waals surface area contributed by atoms with Crippen LogP contribution in [0.2, 0.25) is 0 Å². The second kappa shape index (κ2) is 7.37. The molecule has 0 atom stereocenters. The van der Waals surface area contributed by atoms with Gasteiger partial charge in [0.1, 0.15) is 5.75 Å². The maximum Gasteiger partial charge on any atom is 0.123 e. The van der Waals surface area contributed by atoms with Crippen LogP contribution in [0.15, 0.2) is 60.7 Å². The van der Waals surface area contributed by atoms with Gasteiger partial charge in [-0.05, 0) is 77.6 Å². The fourth-order valence-corrected chi connectivity index (χ4v) is 5.42. The lowest BCUT2D eigenvalue weighted by Crippen LogP contribution is -2.29. The highest BCUT2D eigenvalue weighted by molar-refractivity contribution is 5.84. The summed E-state index contributed by atoms with van der Waals surface area (Å²) in [5.74, 6) is 1.55. The van der Waals surface area contributed by atoms with Crippen molar-refractivity contribution in [3.8, 4) is 28.0 Å². The predicted octanol–water partition coefficient (Wildman–Crippen LogP) is 7.73. The normalized spacial score (nSPS) is 14.3. The molecule has 0 spiro atoms. The molecule has 0 saturated heterocycles. The van der Waals surface area contributed by atoms with Gasteiger partial charge in [0.05, 0.1) is 0 Å². The summed E-state index contributed by atoms with van der Waals surface area (Å²) in [7, 11) is 0. The van der Waals surface area contributed by atoms with Crippen molar-refractivity contribution in [1.82, 2.24) is 0 Å². The number of aryl methyl sites for hydroxylation is 1. The molecule has 1 aliphatic carbocycles. The van der Waals surface area contributed by atoms with Crippen LogP contribution in [0.4, 0.5) is 0 Å². The van der Waals surface area contributed by atoms with Gasteiger partial charge in [0, 0.05) is 11.0 Å². The summed E-state index contributed by atoms with van der Waals surface area (Å²) in [5, 5.41) is 10.5. The Hall–Kier alpha value is -2.54. The first-order chi connectivity index (χ1) is 13.8. The van der Waals surface area contributed by atoms with Gasteiger partial charge in [-0.3, -0.25) is 0 Å². The number of phenols is 1. The molecule has 3 aromatic rings. The molecular weight excluding hydrogens is 352 g/mol. The topological polar surface area (TPSA) is 20.2 Å². The van der Waals surface area contributed by atoms with Gasteiger partial charge in [0.25, 0.3) is 0 Å². The van der Waals surface area contributed by atoms with Gasteiger partial charge < -0.3 is 5.11 Å². The van der Waals surface area contributed by atoms with Crippen LogP contribution in [-0.2, 0) is 5.41 Å². The molecule has 0 bridgehead atoms. The zero-order chi connectivity index (χ0) is 20.8. The third-order valence-corrected chi connectivity index (χ3v) is 6.24. The van der Waals surface area contributed by atoms with E-state index in [4.69, 9.17) is 0 Å². The van der Waals surface area contributed by atoms with Crippen molar-refractivity contribution in [2.24, 2.45) is 11.8 Å². The summed E-state index contributed by atoms with van der Waals surface area (Å²) >= 11 is 0. The number of rotatable bonds is 5. The molecular formula is C28H32O. The Morgan fingerprint density at radius 3 is 2.07 bits per heavy atom. The van der Waals surface area contributed by atoms with E-state index in [1.54, 1.807) is 0 Å². The fraction of sp³-hybridized carbons (Fsp3) is 0.357. The first kappa shape index (κ1) is 19.8. The average molecular weight is 385 g/mol. The Bertz CT molecular complexity index is 1030. The van der Waals surface area contributed by atoms with Crippen LogP contribution in [0.1, 0.15) is 57.2 Å². The standard InChI is InChI=1S/C28H32O/c1-18(2)16-28(17-19(3)4)25-9-7-6-8-22(25)23-12-11-21(15-26(23)28)24-14-20(5)10-13-27(24)29/h6-15,18-19,29H,16-17H2,1-5H3. The van der Waals surface area contributed by atoms with Gasteiger partial charge in [0.2, 0.25) is 0 Å². The second-order valence-electron chi connectivity index (χ2n) is 9.60. The summed E-state index contributed by atoms with van der Waals surface area (Å²) in [5.41, 5.74) is 8.87. The van der Waals surface area contributed by atoms with E-state index in [-0.39, 0.29) is 5.41 Å². The van der Waals surface area contributed by atoms with Gasteiger partial charge in [-0.25, -0.2) is 0 Å². The largest absolute Gasteiger partial charge is 0.507 e. The van der Waals surface area contributed by atoms with E-state index in [1.807, 2.05) is 12.1 Å². The van der Waals surface area contributed by atoms with Crippen LogP contribution in [0.3, 0.4) is 0 Å². The number of hydrogen-bond donors (Lipinski definition) is 1. The van der Waals surface area contributed by atoms with E-state index in [2.05, 4.69) is 83.1 Å². The number of hydrogen-bond acceptors (Lipinski definition) is 1. The van der Waals surface area contributed by atoms with Crippen LogP contribution in [0, 0.1) is 18.8 Å². The Labute approximate surface area is 175 Å². The Balaban J connectivity index is 1.98. The molecule has 4 rings (SSSR count). The van der Waals surface area contributed by atoms with Crippen LogP contribution >= 0.6 is 0 Å². The monoisotopic (exact) mass is 384 g/mol. The molecule has 1 nitrogen and oxygen atoms in total. The summed E-state index contributed by atoms with van der Waals surface area (Å²) < 4.78 is 0. The maximum atomic E-state index is 10.5. The Morgan fingerprint density at radius 2 is 1.38 bits per heavy atom. The number of phenolic OH excluding ortho intramolecular Hbond substituents is 1. The van der Waals surface area contributed by atoms with Gasteiger partial charge in [-0.1, -0.05) is 75.7 Å². The van der Waals surface area contributed by atoms with Crippen LogP contribution in [-0.4, -0.2) is 5.11 Å². The molecule has 0 heterocycles. The van der Waals surface area contributed by atoms with Crippen molar-refractivity contribution in [3.63, 3.8) is 0 Å². The summed E-state index contributed by atoms with van der Waals surface area (Å²) in [6, 6.07) is 21.6. The third-order valence-electron chi connectivity index (χ3n) is 6.24. The zero-order valence-electron chi connectivity index (χ0n) is 18.3. The van der Waals surface area contributed by atoms with E-state index < -0.39 is 0 Å². The van der Waals surface area contributed by atoms with Crippen LogP contribution in [0.25, 0.3) is 22.3 Å². The number of benzene rings is 3. The van der Waals surface area contributed by atoms with E-state index in [1.165, 1.54) is 22.3 Å². The third kappa shape index (κ3) is 3.37. The molecule has 1 N–H and O–H groups in total. The minimum Gasteiger partial charge on any atom is -0.507 e. The van der Waals surface area contributed by atoms with Gasteiger partial charge in [-0.15, -0.1) is 0 Å². The van der Waals surface area contributed by atoms with Crippen molar-refractivity contribution >= 4 is 0 Å². The Morgan fingerprint density at radius 1 is 0.724 bits per heavy atom. The molecule has 0 fully saturated rings. The maximum absolute atomic E-state index is 10.5. The van der Waals surface area contributed by atoms with Crippen molar-refractivity contribution in [1.29, 1.82) is 0 Å². The second-order valence-corrected chi connectivity index (χ2v) is 9.60. The van der Waals surface area contributed by atoms with Gasteiger partial charge in [0.15, 0.2) is 0 Å². The molecule has 0 saturated carbocycles. The lowest BCUT2D eigenvalue weighted by atomic mass is 9.67. The summed E-state index contributed by atoms with van der Waals surface area (Å²) in [6.45, 7) is 11.4. The van der Waals surface area contributed by atoms with E-state index in [0.29, 0.717) is 17.6 Å². The molecule has 1 aliphatic rings. The molecule has 3 aromatic carbocycles. The van der Waals surface area contributed by atoms with Crippen LogP contribution in [0.5, 0.6) is 5.75 Å². The molecule has 0 unspecified atom stereocenters.